The third-order valence-electron chi connectivity index (χ3n) is 3.87. The van der Waals surface area contributed by atoms with Crippen LogP contribution in [0, 0.1) is 11.3 Å². The van der Waals surface area contributed by atoms with Crippen LogP contribution in [-0.2, 0) is 14.0 Å². The molecule has 22 heavy (non-hydrogen) atoms. The van der Waals surface area contributed by atoms with Crippen LogP contribution in [-0.4, -0.2) is 38.6 Å². The van der Waals surface area contributed by atoms with Crippen molar-refractivity contribution in [1.29, 1.82) is 5.26 Å². The molecule has 0 spiro atoms. The number of hydrogen-bond donors (Lipinski definition) is 0. The van der Waals surface area contributed by atoms with Gasteiger partial charge in [0.15, 0.2) is 0 Å². The topological polar surface area (TPSA) is 60.7 Å². The molecule has 3 rings (SSSR count). The largest absolute Gasteiger partial charge is 0.494 e. The number of nitrogens with zero attached hydrogens (tertiary/aromatic N) is 1. The molecule has 2 saturated heterocycles. The Morgan fingerprint density at radius 1 is 1.32 bits per heavy atom. The maximum Gasteiger partial charge on any atom is 0.494 e. The molecule has 0 aromatic heterocycles. The normalized spacial score (nSPS) is 21.6. The SMILES string of the molecule is CC1(C)COB(c2ccc(OC3CCOCC3)c(C#N)c2)O1. The number of rotatable bonds is 3. The van der Waals surface area contributed by atoms with Crippen LogP contribution >= 0.6 is 0 Å². The second-order valence-corrected chi connectivity index (χ2v) is 6.32. The Kier molecular flexibility index (Phi) is 4.39. The van der Waals surface area contributed by atoms with Gasteiger partial charge in [-0.2, -0.15) is 5.26 Å². The number of hydrogen-bond acceptors (Lipinski definition) is 5. The van der Waals surface area contributed by atoms with Crippen molar-refractivity contribution in [1.82, 2.24) is 0 Å². The molecule has 2 fully saturated rings. The first kappa shape index (κ1) is 15.4. The zero-order valence-electron chi connectivity index (χ0n) is 13.0. The van der Waals surface area contributed by atoms with Crippen molar-refractivity contribution in [2.24, 2.45) is 0 Å². The first-order valence-corrected chi connectivity index (χ1v) is 7.65. The molecule has 2 aliphatic rings. The molecule has 6 heteroatoms. The third-order valence-corrected chi connectivity index (χ3v) is 3.87. The molecular formula is C16H20BNO4. The standard InChI is InChI=1S/C16H20BNO4/c1-16(2)11-20-17(22-16)13-3-4-15(12(9-13)10-18)21-14-5-7-19-8-6-14/h3-4,9,14H,5-8,11H2,1-2H3. The Hall–Kier alpha value is -1.55. The molecule has 0 saturated carbocycles. The molecule has 0 aliphatic carbocycles. The van der Waals surface area contributed by atoms with Gasteiger partial charge in [0.1, 0.15) is 17.9 Å². The highest BCUT2D eigenvalue weighted by Gasteiger charge is 2.38. The van der Waals surface area contributed by atoms with Crippen molar-refractivity contribution < 1.29 is 18.8 Å². The van der Waals surface area contributed by atoms with Crippen LogP contribution in [0.15, 0.2) is 18.2 Å². The predicted molar refractivity (Wildman–Crippen MR) is 82.1 cm³/mol. The van der Waals surface area contributed by atoms with Crippen LogP contribution in [0.1, 0.15) is 32.3 Å². The minimum Gasteiger partial charge on any atom is -0.489 e. The third kappa shape index (κ3) is 3.44. The van der Waals surface area contributed by atoms with Crippen molar-refractivity contribution >= 4 is 12.6 Å². The van der Waals surface area contributed by atoms with Crippen LogP contribution in [0.3, 0.4) is 0 Å². The molecular weight excluding hydrogens is 281 g/mol. The second kappa shape index (κ2) is 6.29. The summed E-state index contributed by atoms with van der Waals surface area (Å²) in [5, 5.41) is 9.38. The zero-order valence-corrected chi connectivity index (χ0v) is 13.0. The first-order valence-electron chi connectivity index (χ1n) is 7.65. The Morgan fingerprint density at radius 2 is 2.09 bits per heavy atom. The van der Waals surface area contributed by atoms with Crippen molar-refractivity contribution in [3.8, 4) is 11.8 Å². The fourth-order valence-corrected chi connectivity index (χ4v) is 2.66. The van der Waals surface area contributed by atoms with E-state index < -0.39 is 7.12 Å². The van der Waals surface area contributed by atoms with Gasteiger partial charge >= 0.3 is 7.12 Å². The van der Waals surface area contributed by atoms with E-state index in [2.05, 4.69) is 6.07 Å². The highest BCUT2D eigenvalue weighted by Crippen LogP contribution is 2.24. The van der Waals surface area contributed by atoms with E-state index in [0.717, 1.165) is 18.3 Å². The first-order chi connectivity index (χ1) is 10.6. The summed E-state index contributed by atoms with van der Waals surface area (Å²) < 4.78 is 22.8. The summed E-state index contributed by atoms with van der Waals surface area (Å²) in [5.74, 6) is 0.621. The summed E-state index contributed by atoms with van der Waals surface area (Å²) in [6.45, 7) is 5.94. The van der Waals surface area contributed by atoms with Crippen molar-refractivity contribution in [3.63, 3.8) is 0 Å². The smallest absolute Gasteiger partial charge is 0.489 e. The average Bonchev–Trinajstić information content (AvgIpc) is 2.89. The van der Waals surface area contributed by atoms with Gasteiger partial charge in [0.25, 0.3) is 0 Å². The molecule has 0 atom stereocenters. The summed E-state index contributed by atoms with van der Waals surface area (Å²) in [6, 6.07) is 7.73. The number of nitriles is 1. The van der Waals surface area contributed by atoms with Crippen LogP contribution in [0.5, 0.6) is 5.75 Å². The van der Waals surface area contributed by atoms with E-state index in [1.54, 1.807) is 6.07 Å². The van der Waals surface area contributed by atoms with E-state index in [9.17, 15) is 5.26 Å². The van der Waals surface area contributed by atoms with Gasteiger partial charge < -0.3 is 18.8 Å². The van der Waals surface area contributed by atoms with Gasteiger partial charge in [0.2, 0.25) is 0 Å². The van der Waals surface area contributed by atoms with Gasteiger partial charge in [-0.25, -0.2) is 0 Å². The molecule has 0 radical (unpaired) electrons. The summed E-state index contributed by atoms with van der Waals surface area (Å²) in [7, 11) is -0.417. The van der Waals surface area contributed by atoms with Gasteiger partial charge in [0.05, 0.1) is 31.0 Å². The molecule has 5 nitrogen and oxygen atoms in total. The van der Waals surface area contributed by atoms with E-state index in [-0.39, 0.29) is 11.7 Å². The molecule has 0 unspecified atom stereocenters. The quantitative estimate of drug-likeness (QED) is 0.794. The van der Waals surface area contributed by atoms with Gasteiger partial charge in [-0.3, -0.25) is 0 Å². The Morgan fingerprint density at radius 3 is 2.73 bits per heavy atom. The fourth-order valence-electron chi connectivity index (χ4n) is 2.66. The van der Waals surface area contributed by atoms with Gasteiger partial charge in [-0.1, -0.05) is 6.07 Å². The van der Waals surface area contributed by atoms with Gasteiger partial charge in [-0.05, 0) is 31.4 Å². The molecule has 0 bridgehead atoms. The van der Waals surface area contributed by atoms with Crippen LogP contribution in [0.4, 0.5) is 0 Å². The van der Waals surface area contributed by atoms with E-state index >= 15 is 0 Å². The van der Waals surface area contributed by atoms with E-state index in [1.165, 1.54) is 0 Å². The highest BCUT2D eigenvalue weighted by atomic mass is 16.7. The second-order valence-electron chi connectivity index (χ2n) is 6.32. The summed E-state index contributed by atoms with van der Waals surface area (Å²) in [4.78, 5) is 0. The van der Waals surface area contributed by atoms with E-state index in [0.29, 0.717) is 31.1 Å². The minimum atomic E-state index is -0.417. The molecule has 1 aromatic rings. The summed E-state index contributed by atoms with van der Waals surface area (Å²) in [5.41, 5.74) is 1.07. The van der Waals surface area contributed by atoms with E-state index in [1.807, 2.05) is 26.0 Å². The summed E-state index contributed by atoms with van der Waals surface area (Å²) in [6.07, 6.45) is 1.83. The number of ether oxygens (including phenoxy) is 2. The van der Waals surface area contributed by atoms with Crippen LogP contribution in [0.2, 0.25) is 0 Å². The molecule has 0 amide bonds. The lowest BCUT2D eigenvalue weighted by Gasteiger charge is -2.24. The van der Waals surface area contributed by atoms with Crippen molar-refractivity contribution in [3.05, 3.63) is 23.8 Å². The molecule has 2 aliphatic heterocycles. The zero-order chi connectivity index (χ0) is 15.6. The maximum absolute atomic E-state index is 9.38. The highest BCUT2D eigenvalue weighted by molar-refractivity contribution is 6.61. The van der Waals surface area contributed by atoms with Crippen molar-refractivity contribution in [2.75, 3.05) is 19.8 Å². The average molecular weight is 301 g/mol. The van der Waals surface area contributed by atoms with Crippen LogP contribution < -0.4 is 10.2 Å². The van der Waals surface area contributed by atoms with Gasteiger partial charge in [-0.15, -0.1) is 0 Å². The van der Waals surface area contributed by atoms with E-state index in [4.69, 9.17) is 18.8 Å². The lowest BCUT2D eigenvalue weighted by Crippen LogP contribution is -2.34. The van der Waals surface area contributed by atoms with Crippen molar-refractivity contribution in [2.45, 2.75) is 38.4 Å². The lowest BCUT2D eigenvalue weighted by atomic mass is 9.78. The maximum atomic E-state index is 9.38. The predicted octanol–water partition coefficient (Wildman–Crippen LogP) is 1.64. The Labute approximate surface area is 131 Å². The lowest BCUT2D eigenvalue weighted by molar-refractivity contribution is 0.0254. The number of benzene rings is 1. The fraction of sp³-hybridized carbons (Fsp3) is 0.562. The minimum absolute atomic E-state index is 0.115. The molecule has 2 heterocycles. The van der Waals surface area contributed by atoms with Crippen LogP contribution in [0.25, 0.3) is 0 Å². The van der Waals surface area contributed by atoms with Gasteiger partial charge in [0, 0.05) is 12.8 Å². The Bertz CT molecular complexity index is 578. The Balaban J connectivity index is 1.75. The summed E-state index contributed by atoms with van der Waals surface area (Å²) >= 11 is 0. The monoisotopic (exact) mass is 301 g/mol. The molecule has 1 aromatic carbocycles. The molecule has 0 N–H and O–H groups in total. The molecule has 116 valence electrons.